The van der Waals surface area contributed by atoms with E-state index in [1.54, 1.807) is 31.2 Å². The van der Waals surface area contributed by atoms with Gasteiger partial charge in [0.25, 0.3) is 0 Å². The van der Waals surface area contributed by atoms with Crippen molar-refractivity contribution < 1.29 is 19.1 Å². The molecule has 2 heterocycles. The zero-order valence-corrected chi connectivity index (χ0v) is 13.4. The molecule has 0 aliphatic heterocycles. The Labute approximate surface area is 138 Å². The van der Waals surface area contributed by atoms with Crippen LogP contribution in [0.25, 0.3) is 16.9 Å². The first-order valence-corrected chi connectivity index (χ1v) is 7.48. The van der Waals surface area contributed by atoms with E-state index in [0.29, 0.717) is 16.9 Å². The molecule has 0 amide bonds. The first-order chi connectivity index (χ1) is 11.7. The van der Waals surface area contributed by atoms with E-state index < -0.39 is 11.9 Å². The van der Waals surface area contributed by atoms with Gasteiger partial charge in [-0.15, -0.1) is 0 Å². The number of hydrogen-bond donors (Lipinski definition) is 0. The number of esters is 2. The van der Waals surface area contributed by atoms with E-state index in [-0.39, 0.29) is 12.3 Å². The minimum atomic E-state index is -0.478. The van der Waals surface area contributed by atoms with Gasteiger partial charge in [0, 0.05) is 11.8 Å². The molecule has 3 aromatic rings. The van der Waals surface area contributed by atoms with Crippen molar-refractivity contribution in [1.29, 1.82) is 0 Å². The highest BCUT2D eigenvalue weighted by molar-refractivity contribution is 5.96. The average molecular weight is 324 g/mol. The zero-order chi connectivity index (χ0) is 17.1. The molecule has 6 heteroatoms. The Hall–Kier alpha value is -3.15. The van der Waals surface area contributed by atoms with Crippen LogP contribution >= 0.6 is 0 Å². The van der Waals surface area contributed by atoms with Gasteiger partial charge < -0.3 is 9.47 Å². The quantitative estimate of drug-likeness (QED) is 0.690. The van der Waals surface area contributed by atoms with Crippen LogP contribution in [0.3, 0.4) is 0 Å². The van der Waals surface area contributed by atoms with Crippen molar-refractivity contribution in [3.8, 4) is 11.3 Å². The van der Waals surface area contributed by atoms with Crippen molar-refractivity contribution in [2.45, 2.75) is 6.92 Å². The molecule has 0 fully saturated rings. The number of fused-ring (bicyclic) bond motifs is 1. The topological polar surface area (TPSA) is 69.9 Å². The fourth-order valence-electron chi connectivity index (χ4n) is 2.50. The number of aromatic nitrogens is 2. The highest BCUT2D eigenvalue weighted by Gasteiger charge is 2.21. The van der Waals surface area contributed by atoms with E-state index in [1.807, 2.05) is 28.8 Å². The average Bonchev–Trinajstić information content (AvgIpc) is 3.01. The van der Waals surface area contributed by atoms with Crippen molar-refractivity contribution in [2.75, 3.05) is 13.7 Å². The molecule has 24 heavy (non-hydrogen) atoms. The van der Waals surface area contributed by atoms with E-state index in [0.717, 1.165) is 5.56 Å². The van der Waals surface area contributed by atoms with Gasteiger partial charge in [-0.05, 0) is 31.2 Å². The third kappa shape index (κ3) is 2.74. The molecule has 0 aliphatic carbocycles. The molecule has 0 aliphatic rings. The lowest BCUT2D eigenvalue weighted by atomic mass is 10.1. The van der Waals surface area contributed by atoms with Crippen molar-refractivity contribution >= 4 is 17.6 Å². The van der Waals surface area contributed by atoms with Gasteiger partial charge in [0.15, 0.2) is 5.69 Å². The molecule has 6 nitrogen and oxygen atoms in total. The van der Waals surface area contributed by atoms with Crippen LogP contribution in [0, 0.1) is 0 Å². The normalized spacial score (nSPS) is 10.6. The van der Waals surface area contributed by atoms with E-state index >= 15 is 0 Å². The second-order valence-electron chi connectivity index (χ2n) is 5.03. The number of pyridine rings is 1. The summed E-state index contributed by atoms with van der Waals surface area (Å²) >= 11 is 0. The zero-order valence-electron chi connectivity index (χ0n) is 13.4. The lowest BCUT2D eigenvalue weighted by Crippen LogP contribution is -2.07. The predicted molar refractivity (Wildman–Crippen MR) is 87.9 cm³/mol. The third-order valence-electron chi connectivity index (χ3n) is 3.58. The maximum atomic E-state index is 12.3. The fourth-order valence-corrected chi connectivity index (χ4v) is 2.50. The Balaban J connectivity index is 2.15. The highest BCUT2D eigenvalue weighted by Crippen LogP contribution is 2.26. The Morgan fingerprint density at radius 2 is 1.83 bits per heavy atom. The monoisotopic (exact) mass is 324 g/mol. The Kier molecular flexibility index (Phi) is 4.29. The van der Waals surface area contributed by atoms with E-state index in [4.69, 9.17) is 9.47 Å². The summed E-state index contributed by atoms with van der Waals surface area (Å²) in [5.74, 6) is -0.890. The van der Waals surface area contributed by atoms with Crippen LogP contribution < -0.4 is 0 Å². The van der Waals surface area contributed by atoms with Crippen molar-refractivity contribution in [3.05, 3.63) is 59.9 Å². The Morgan fingerprint density at radius 3 is 2.50 bits per heavy atom. The van der Waals surface area contributed by atoms with Crippen LogP contribution in [0.1, 0.15) is 27.8 Å². The Bertz CT molecular complexity index is 897. The van der Waals surface area contributed by atoms with Gasteiger partial charge in [0.1, 0.15) is 5.65 Å². The van der Waals surface area contributed by atoms with Gasteiger partial charge in [-0.1, -0.05) is 18.2 Å². The lowest BCUT2D eigenvalue weighted by molar-refractivity contribution is 0.0520. The van der Waals surface area contributed by atoms with Crippen LogP contribution in [-0.2, 0) is 9.47 Å². The number of nitrogens with zero attached hydrogens (tertiary/aromatic N) is 2. The standard InChI is InChI=1S/C18H16N2O4/c1-3-24-18(22)15-16(20-11-5-4-6-14(20)19-15)12-7-9-13(10-8-12)17(21)23-2/h4-11H,3H2,1-2H3. The smallest absolute Gasteiger partial charge is 0.359 e. The number of ether oxygens (including phenoxy) is 2. The summed E-state index contributed by atoms with van der Waals surface area (Å²) in [7, 11) is 1.33. The van der Waals surface area contributed by atoms with E-state index in [1.165, 1.54) is 7.11 Å². The largest absolute Gasteiger partial charge is 0.465 e. The first kappa shape index (κ1) is 15.7. The summed E-state index contributed by atoms with van der Waals surface area (Å²) in [6.45, 7) is 2.02. The van der Waals surface area contributed by atoms with Gasteiger partial charge in [-0.25, -0.2) is 14.6 Å². The molecular formula is C18H16N2O4. The first-order valence-electron chi connectivity index (χ1n) is 7.48. The molecular weight excluding hydrogens is 308 g/mol. The van der Waals surface area contributed by atoms with Gasteiger partial charge in [-0.3, -0.25) is 4.40 Å². The molecule has 0 saturated heterocycles. The molecule has 122 valence electrons. The van der Waals surface area contributed by atoms with E-state index in [2.05, 4.69) is 4.98 Å². The van der Waals surface area contributed by atoms with Crippen molar-refractivity contribution in [1.82, 2.24) is 9.38 Å². The lowest BCUT2D eigenvalue weighted by Gasteiger charge is -2.06. The fraction of sp³-hybridized carbons (Fsp3) is 0.167. The molecule has 1 aromatic carbocycles. The number of carbonyl (C=O) groups excluding carboxylic acids is 2. The predicted octanol–water partition coefficient (Wildman–Crippen LogP) is 2.96. The number of methoxy groups -OCH3 is 1. The molecule has 0 unspecified atom stereocenters. The number of benzene rings is 1. The van der Waals surface area contributed by atoms with Crippen molar-refractivity contribution in [3.63, 3.8) is 0 Å². The Morgan fingerprint density at radius 1 is 1.08 bits per heavy atom. The maximum absolute atomic E-state index is 12.3. The van der Waals surface area contributed by atoms with Crippen molar-refractivity contribution in [2.24, 2.45) is 0 Å². The molecule has 0 N–H and O–H groups in total. The molecule has 0 atom stereocenters. The molecule has 0 radical (unpaired) electrons. The van der Waals surface area contributed by atoms with Crippen LogP contribution in [0.4, 0.5) is 0 Å². The van der Waals surface area contributed by atoms with Gasteiger partial charge in [0.05, 0.1) is 25.0 Å². The maximum Gasteiger partial charge on any atom is 0.359 e. The summed E-state index contributed by atoms with van der Waals surface area (Å²) in [5.41, 5.74) is 2.71. The van der Waals surface area contributed by atoms with Gasteiger partial charge in [0.2, 0.25) is 0 Å². The molecule has 3 rings (SSSR count). The minimum Gasteiger partial charge on any atom is -0.465 e. The number of rotatable bonds is 4. The summed E-state index contributed by atoms with van der Waals surface area (Å²) < 4.78 is 11.6. The van der Waals surface area contributed by atoms with Crippen LogP contribution in [0.5, 0.6) is 0 Å². The van der Waals surface area contributed by atoms with Gasteiger partial charge >= 0.3 is 11.9 Å². The second-order valence-corrected chi connectivity index (χ2v) is 5.03. The SMILES string of the molecule is CCOC(=O)c1nc2ccccn2c1-c1ccc(C(=O)OC)cc1. The molecule has 0 saturated carbocycles. The molecule has 0 spiro atoms. The van der Waals surface area contributed by atoms with Crippen LogP contribution in [-0.4, -0.2) is 35.0 Å². The number of hydrogen-bond acceptors (Lipinski definition) is 5. The highest BCUT2D eigenvalue weighted by atomic mass is 16.5. The van der Waals surface area contributed by atoms with Crippen LogP contribution in [0.2, 0.25) is 0 Å². The summed E-state index contributed by atoms with van der Waals surface area (Å²) in [4.78, 5) is 28.2. The summed E-state index contributed by atoms with van der Waals surface area (Å²) in [5, 5.41) is 0. The van der Waals surface area contributed by atoms with Gasteiger partial charge in [-0.2, -0.15) is 0 Å². The van der Waals surface area contributed by atoms with E-state index in [9.17, 15) is 9.59 Å². The number of imidazole rings is 1. The second kappa shape index (κ2) is 6.54. The number of carbonyl (C=O) groups is 2. The van der Waals surface area contributed by atoms with Crippen LogP contribution in [0.15, 0.2) is 48.7 Å². The minimum absolute atomic E-state index is 0.244. The molecule has 0 bridgehead atoms. The summed E-state index contributed by atoms with van der Waals surface area (Å²) in [6.07, 6.45) is 1.83. The third-order valence-corrected chi connectivity index (χ3v) is 3.58. The summed E-state index contributed by atoms with van der Waals surface area (Å²) in [6, 6.07) is 12.3. The molecule has 2 aromatic heterocycles.